The number of amides is 2. The fourth-order valence-electron chi connectivity index (χ4n) is 2.88. The molecule has 0 saturated heterocycles. The van der Waals surface area contributed by atoms with E-state index in [9.17, 15) is 14.4 Å². The molecule has 9 heteroatoms. The summed E-state index contributed by atoms with van der Waals surface area (Å²) in [4.78, 5) is 42.9. The molecule has 0 aliphatic carbocycles. The van der Waals surface area contributed by atoms with E-state index in [4.69, 9.17) is 22.1 Å². The molecule has 0 spiro atoms. The second kappa shape index (κ2) is 8.74. The van der Waals surface area contributed by atoms with Crippen LogP contribution in [0.3, 0.4) is 0 Å². The summed E-state index contributed by atoms with van der Waals surface area (Å²) in [6, 6.07) is 12.1. The minimum Gasteiger partial charge on any atom is -0.454 e. The summed E-state index contributed by atoms with van der Waals surface area (Å²) in [7, 11) is 0. The lowest BCUT2D eigenvalue weighted by atomic mass is 10.0. The van der Waals surface area contributed by atoms with Crippen molar-refractivity contribution >= 4 is 34.5 Å². The molecule has 4 N–H and O–H groups in total. The van der Waals surface area contributed by atoms with Crippen molar-refractivity contribution in [3.05, 3.63) is 75.3 Å². The van der Waals surface area contributed by atoms with Crippen LogP contribution >= 0.6 is 11.6 Å². The van der Waals surface area contributed by atoms with Crippen molar-refractivity contribution in [2.45, 2.75) is 25.5 Å². The van der Waals surface area contributed by atoms with Crippen molar-refractivity contribution in [3.63, 3.8) is 0 Å². The SMILES string of the molecule is C[C@@H](OC(=O)C[C@@H](NC(N)=O)c1ccc(Cl)cc1)c1nc2ccccc2c(=O)[nH]1. The fraction of sp³-hybridized carbons (Fsp3) is 0.200. The third-order valence-corrected chi connectivity index (χ3v) is 4.54. The average molecular weight is 415 g/mol. The monoisotopic (exact) mass is 414 g/mol. The van der Waals surface area contributed by atoms with Crippen LogP contribution in [0.4, 0.5) is 4.79 Å². The molecule has 150 valence electrons. The number of esters is 1. The summed E-state index contributed by atoms with van der Waals surface area (Å²) in [6.45, 7) is 1.60. The topological polar surface area (TPSA) is 127 Å². The van der Waals surface area contributed by atoms with Crippen LogP contribution in [-0.2, 0) is 9.53 Å². The lowest BCUT2D eigenvalue weighted by Crippen LogP contribution is -2.34. The largest absolute Gasteiger partial charge is 0.454 e. The molecule has 2 amide bonds. The normalized spacial score (nSPS) is 12.9. The van der Waals surface area contributed by atoms with E-state index < -0.39 is 24.1 Å². The van der Waals surface area contributed by atoms with Crippen LogP contribution in [0.5, 0.6) is 0 Å². The van der Waals surface area contributed by atoms with Crippen molar-refractivity contribution < 1.29 is 14.3 Å². The summed E-state index contributed by atoms with van der Waals surface area (Å²) in [6.07, 6.45) is -0.952. The highest BCUT2D eigenvalue weighted by Gasteiger charge is 2.21. The number of nitrogens with two attached hydrogens (primary N) is 1. The molecule has 0 saturated carbocycles. The summed E-state index contributed by atoms with van der Waals surface area (Å²) in [5.41, 5.74) is 6.05. The van der Waals surface area contributed by atoms with Gasteiger partial charge >= 0.3 is 12.0 Å². The number of para-hydroxylation sites is 1. The Morgan fingerprint density at radius 1 is 1.21 bits per heavy atom. The molecule has 2 atom stereocenters. The van der Waals surface area contributed by atoms with Gasteiger partial charge in [-0.1, -0.05) is 35.9 Å². The molecule has 1 heterocycles. The van der Waals surface area contributed by atoms with Gasteiger partial charge in [-0.2, -0.15) is 0 Å². The second-order valence-electron chi connectivity index (χ2n) is 6.42. The van der Waals surface area contributed by atoms with Gasteiger partial charge in [0, 0.05) is 5.02 Å². The van der Waals surface area contributed by atoms with Crippen LogP contribution in [0.25, 0.3) is 10.9 Å². The van der Waals surface area contributed by atoms with Crippen molar-refractivity contribution in [2.75, 3.05) is 0 Å². The molecule has 29 heavy (non-hydrogen) atoms. The maximum absolute atomic E-state index is 12.4. The number of nitrogens with one attached hydrogen (secondary N) is 2. The van der Waals surface area contributed by atoms with Crippen LogP contribution in [0.1, 0.15) is 36.9 Å². The number of halogens is 1. The maximum Gasteiger partial charge on any atom is 0.312 e. The third-order valence-electron chi connectivity index (χ3n) is 4.28. The minimum absolute atomic E-state index is 0.160. The number of fused-ring (bicyclic) bond motifs is 1. The Hall–Kier alpha value is -3.39. The van der Waals surface area contributed by atoms with Gasteiger partial charge in [0.1, 0.15) is 0 Å². The predicted molar refractivity (Wildman–Crippen MR) is 108 cm³/mol. The molecular weight excluding hydrogens is 396 g/mol. The predicted octanol–water partition coefficient (Wildman–Crippen LogP) is 2.98. The van der Waals surface area contributed by atoms with Gasteiger partial charge in [0.2, 0.25) is 0 Å². The number of hydrogen-bond acceptors (Lipinski definition) is 5. The van der Waals surface area contributed by atoms with Gasteiger partial charge in [0.25, 0.3) is 5.56 Å². The number of carbonyl (C=O) groups is 2. The van der Waals surface area contributed by atoms with E-state index in [0.29, 0.717) is 21.5 Å². The Morgan fingerprint density at radius 3 is 2.59 bits per heavy atom. The van der Waals surface area contributed by atoms with Gasteiger partial charge in [-0.3, -0.25) is 9.59 Å². The van der Waals surface area contributed by atoms with Crippen LogP contribution < -0.4 is 16.6 Å². The average Bonchev–Trinajstić information content (AvgIpc) is 2.67. The fourth-order valence-corrected chi connectivity index (χ4v) is 3.01. The van der Waals surface area contributed by atoms with E-state index in [1.165, 1.54) is 0 Å². The molecule has 0 unspecified atom stereocenters. The molecule has 1 aromatic heterocycles. The number of hydrogen-bond donors (Lipinski definition) is 3. The summed E-state index contributed by atoms with van der Waals surface area (Å²) < 4.78 is 5.41. The van der Waals surface area contributed by atoms with Gasteiger partial charge < -0.3 is 20.8 Å². The summed E-state index contributed by atoms with van der Waals surface area (Å²) in [5, 5.41) is 3.48. The summed E-state index contributed by atoms with van der Waals surface area (Å²) in [5.74, 6) is -0.366. The van der Waals surface area contributed by atoms with Gasteiger partial charge in [-0.05, 0) is 36.8 Å². The molecule has 3 aromatic rings. The molecule has 3 rings (SSSR count). The molecule has 0 fully saturated rings. The number of aromatic nitrogens is 2. The minimum atomic E-state index is -0.792. The smallest absolute Gasteiger partial charge is 0.312 e. The number of ether oxygens (including phenoxy) is 1. The zero-order valence-corrected chi connectivity index (χ0v) is 16.3. The number of rotatable bonds is 6. The van der Waals surface area contributed by atoms with E-state index in [0.717, 1.165) is 0 Å². The van der Waals surface area contributed by atoms with Crippen molar-refractivity contribution in [2.24, 2.45) is 5.73 Å². The highest BCUT2D eigenvalue weighted by molar-refractivity contribution is 6.30. The second-order valence-corrected chi connectivity index (χ2v) is 6.85. The number of H-pyrrole nitrogens is 1. The lowest BCUT2D eigenvalue weighted by Gasteiger charge is -2.19. The van der Waals surface area contributed by atoms with Crippen molar-refractivity contribution in [1.29, 1.82) is 0 Å². The number of carbonyl (C=O) groups excluding carboxylic acids is 2. The lowest BCUT2D eigenvalue weighted by molar-refractivity contribution is -0.149. The van der Waals surface area contributed by atoms with E-state index in [-0.39, 0.29) is 17.8 Å². The first-order valence-electron chi connectivity index (χ1n) is 8.83. The summed E-state index contributed by atoms with van der Waals surface area (Å²) >= 11 is 5.88. The number of primary amides is 1. The quantitative estimate of drug-likeness (QED) is 0.534. The molecule has 2 aromatic carbocycles. The van der Waals surface area contributed by atoms with E-state index in [1.54, 1.807) is 55.5 Å². The van der Waals surface area contributed by atoms with E-state index in [1.807, 2.05) is 0 Å². The maximum atomic E-state index is 12.4. The zero-order valence-electron chi connectivity index (χ0n) is 15.5. The van der Waals surface area contributed by atoms with Gasteiger partial charge in [0.05, 0.1) is 23.4 Å². The first-order valence-corrected chi connectivity index (χ1v) is 9.21. The Bertz CT molecular complexity index is 1100. The Balaban J connectivity index is 1.74. The van der Waals surface area contributed by atoms with Gasteiger partial charge in [-0.25, -0.2) is 9.78 Å². The first kappa shape index (κ1) is 20.3. The molecule has 8 nitrogen and oxygen atoms in total. The van der Waals surface area contributed by atoms with Crippen molar-refractivity contribution in [1.82, 2.24) is 15.3 Å². The number of nitrogens with zero attached hydrogens (tertiary/aromatic N) is 1. The Morgan fingerprint density at radius 2 is 1.90 bits per heavy atom. The van der Waals surface area contributed by atoms with Crippen LogP contribution in [0.15, 0.2) is 53.3 Å². The van der Waals surface area contributed by atoms with E-state index in [2.05, 4.69) is 15.3 Å². The molecular formula is C20H19ClN4O4. The molecule has 0 aliphatic rings. The van der Waals surface area contributed by atoms with Crippen LogP contribution in [0.2, 0.25) is 5.02 Å². The van der Waals surface area contributed by atoms with Gasteiger partial charge in [0.15, 0.2) is 11.9 Å². The number of benzene rings is 2. The van der Waals surface area contributed by atoms with Crippen LogP contribution in [0, 0.1) is 0 Å². The number of urea groups is 1. The number of aromatic amines is 1. The molecule has 0 radical (unpaired) electrons. The Labute approximate surface area is 171 Å². The van der Waals surface area contributed by atoms with Gasteiger partial charge in [-0.15, -0.1) is 0 Å². The van der Waals surface area contributed by atoms with E-state index >= 15 is 0 Å². The highest BCUT2D eigenvalue weighted by atomic mass is 35.5. The zero-order chi connectivity index (χ0) is 21.0. The Kier molecular flexibility index (Phi) is 6.13. The standard InChI is InChI=1S/C20H19ClN4O4/c1-11(18-23-15-5-3-2-4-14(15)19(27)25-18)29-17(26)10-16(24-20(22)28)12-6-8-13(21)9-7-12/h2-9,11,16H,10H2,1H3,(H3,22,24,28)(H,23,25,27)/t11-,16-/m1/s1. The molecule has 0 bridgehead atoms. The van der Waals surface area contributed by atoms with Crippen molar-refractivity contribution in [3.8, 4) is 0 Å². The third kappa shape index (κ3) is 5.11. The molecule has 0 aliphatic heterocycles. The first-order chi connectivity index (χ1) is 13.8. The van der Waals surface area contributed by atoms with Crippen LogP contribution in [-0.4, -0.2) is 22.0 Å². The highest BCUT2D eigenvalue weighted by Crippen LogP contribution is 2.22.